The molecule has 0 aliphatic rings. The standard InChI is InChI=1S/C23H27ClF2N6/c1-14(23(2,3)4)29-21-19(20(24)30-22-27-13-28-32(21)22)18-16(25)11-15(12-17(18)26)9-7-8-10-31(5)6/h11-14,29H,8,10H2,1-6H3/t14-/m1/s1. The van der Waals surface area contributed by atoms with Crippen LogP contribution in [-0.4, -0.2) is 51.2 Å². The summed E-state index contributed by atoms with van der Waals surface area (Å²) in [5, 5.41) is 7.41. The second kappa shape index (κ2) is 9.39. The Kier molecular flexibility index (Phi) is 7.01. The first kappa shape index (κ1) is 23.9. The average Bonchev–Trinajstić information content (AvgIpc) is 3.13. The van der Waals surface area contributed by atoms with Gasteiger partial charge in [-0.15, -0.1) is 0 Å². The highest BCUT2D eigenvalue weighted by atomic mass is 35.5. The molecule has 0 fully saturated rings. The topological polar surface area (TPSA) is 58.3 Å². The molecule has 0 saturated carbocycles. The average molecular weight is 461 g/mol. The largest absolute Gasteiger partial charge is 0.366 e. The summed E-state index contributed by atoms with van der Waals surface area (Å²) >= 11 is 6.42. The molecule has 0 bridgehead atoms. The van der Waals surface area contributed by atoms with Crippen molar-refractivity contribution in [2.75, 3.05) is 26.0 Å². The molecule has 1 atom stereocenters. The van der Waals surface area contributed by atoms with Crippen LogP contribution >= 0.6 is 11.6 Å². The lowest BCUT2D eigenvalue weighted by molar-refractivity contribution is 0.358. The Morgan fingerprint density at radius 2 is 1.84 bits per heavy atom. The minimum atomic E-state index is -0.781. The van der Waals surface area contributed by atoms with Crippen LogP contribution in [0.5, 0.6) is 0 Å². The maximum Gasteiger partial charge on any atom is 0.255 e. The molecular formula is C23H27ClF2N6. The molecule has 0 aliphatic heterocycles. The first-order valence-corrected chi connectivity index (χ1v) is 10.7. The van der Waals surface area contributed by atoms with Gasteiger partial charge >= 0.3 is 0 Å². The van der Waals surface area contributed by atoms with E-state index in [1.165, 1.54) is 23.0 Å². The fourth-order valence-electron chi connectivity index (χ4n) is 2.92. The van der Waals surface area contributed by atoms with Crippen molar-refractivity contribution in [3.63, 3.8) is 0 Å². The van der Waals surface area contributed by atoms with Crippen LogP contribution in [-0.2, 0) is 0 Å². The van der Waals surface area contributed by atoms with Gasteiger partial charge in [-0.3, -0.25) is 0 Å². The van der Waals surface area contributed by atoms with Crippen LogP contribution in [0.3, 0.4) is 0 Å². The van der Waals surface area contributed by atoms with Gasteiger partial charge in [0.25, 0.3) is 5.78 Å². The SMILES string of the molecule is C[C@@H](Nc1c(-c2c(F)cc(C#CCCN(C)C)cc2F)c(Cl)nc2ncnn12)C(C)(C)C. The zero-order valence-electron chi connectivity index (χ0n) is 19.1. The van der Waals surface area contributed by atoms with E-state index in [9.17, 15) is 0 Å². The number of nitrogens with zero attached hydrogens (tertiary/aromatic N) is 5. The van der Waals surface area contributed by atoms with Crippen LogP contribution in [0.4, 0.5) is 14.6 Å². The second-order valence-electron chi connectivity index (χ2n) is 9.00. The van der Waals surface area contributed by atoms with Crippen molar-refractivity contribution in [1.82, 2.24) is 24.5 Å². The van der Waals surface area contributed by atoms with E-state index in [1.807, 2.05) is 25.9 Å². The van der Waals surface area contributed by atoms with Crippen molar-refractivity contribution < 1.29 is 8.78 Å². The highest BCUT2D eigenvalue weighted by Gasteiger charge is 2.27. The third kappa shape index (κ3) is 5.17. The van der Waals surface area contributed by atoms with Crippen molar-refractivity contribution in [2.24, 2.45) is 5.41 Å². The van der Waals surface area contributed by atoms with E-state index < -0.39 is 11.6 Å². The molecule has 2 heterocycles. The summed E-state index contributed by atoms with van der Waals surface area (Å²) in [4.78, 5) is 10.2. The molecule has 6 nitrogen and oxygen atoms in total. The van der Waals surface area contributed by atoms with Gasteiger partial charge in [0.05, 0.1) is 11.1 Å². The Labute approximate surface area is 192 Å². The Balaban J connectivity index is 2.13. The lowest BCUT2D eigenvalue weighted by Gasteiger charge is -2.30. The van der Waals surface area contributed by atoms with Gasteiger partial charge < -0.3 is 10.2 Å². The Morgan fingerprint density at radius 3 is 2.44 bits per heavy atom. The molecule has 0 unspecified atom stereocenters. The van der Waals surface area contributed by atoms with Crippen molar-refractivity contribution in [2.45, 2.75) is 40.2 Å². The van der Waals surface area contributed by atoms with Gasteiger partial charge in [-0.25, -0.2) is 8.78 Å². The summed E-state index contributed by atoms with van der Waals surface area (Å²) in [7, 11) is 3.87. The van der Waals surface area contributed by atoms with Gasteiger partial charge in [0.2, 0.25) is 0 Å². The minimum Gasteiger partial charge on any atom is -0.366 e. The minimum absolute atomic E-state index is 0.0725. The van der Waals surface area contributed by atoms with E-state index in [0.29, 0.717) is 12.2 Å². The number of anilines is 1. The highest BCUT2D eigenvalue weighted by molar-refractivity contribution is 6.33. The first-order valence-electron chi connectivity index (χ1n) is 10.3. The molecular weight excluding hydrogens is 434 g/mol. The molecule has 0 saturated heterocycles. The number of hydrogen-bond acceptors (Lipinski definition) is 5. The summed E-state index contributed by atoms with van der Waals surface area (Å²) < 4.78 is 31.8. The predicted molar refractivity (Wildman–Crippen MR) is 124 cm³/mol. The second-order valence-corrected chi connectivity index (χ2v) is 9.36. The van der Waals surface area contributed by atoms with Crippen LogP contribution in [0.1, 0.15) is 39.7 Å². The van der Waals surface area contributed by atoms with Gasteiger partial charge in [0.15, 0.2) is 0 Å². The number of hydrogen-bond donors (Lipinski definition) is 1. The summed E-state index contributed by atoms with van der Waals surface area (Å²) in [5.41, 5.74) is -0.0977. The molecule has 9 heteroatoms. The summed E-state index contributed by atoms with van der Waals surface area (Å²) in [6.07, 6.45) is 1.91. The van der Waals surface area contributed by atoms with Crippen LogP contribution in [0.15, 0.2) is 18.5 Å². The normalized spacial score (nSPS) is 12.7. The van der Waals surface area contributed by atoms with E-state index in [1.54, 1.807) is 0 Å². The fourth-order valence-corrected chi connectivity index (χ4v) is 3.18. The third-order valence-electron chi connectivity index (χ3n) is 5.24. The van der Waals surface area contributed by atoms with Crippen LogP contribution < -0.4 is 5.32 Å². The smallest absolute Gasteiger partial charge is 0.255 e. The van der Waals surface area contributed by atoms with Crippen molar-refractivity contribution in [3.05, 3.63) is 40.8 Å². The molecule has 0 aliphatic carbocycles. The number of halogens is 3. The number of fused-ring (bicyclic) bond motifs is 1. The molecule has 2 aromatic heterocycles. The van der Waals surface area contributed by atoms with Crippen molar-refractivity contribution >= 4 is 23.2 Å². The van der Waals surface area contributed by atoms with E-state index >= 15 is 8.78 Å². The zero-order valence-corrected chi connectivity index (χ0v) is 19.8. The van der Waals surface area contributed by atoms with Gasteiger partial charge in [0, 0.05) is 24.6 Å². The lowest BCUT2D eigenvalue weighted by atomic mass is 9.88. The number of nitrogens with one attached hydrogen (secondary N) is 1. The molecule has 3 aromatic rings. The number of aromatic nitrogens is 4. The molecule has 0 spiro atoms. The van der Waals surface area contributed by atoms with Gasteiger partial charge in [0.1, 0.15) is 28.9 Å². The quantitative estimate of drug-likeness (QED) is 0.434. The van der Waals surface area contributed by atoms with E-state index in [0.717, 1.165) is 6.54 Å². The van der Waals surface area contributed by atoms with Gasteiger partial charge in [-0.05, 0) is 38.6 Å². The first-order chi connectivity index (χ1) is 15.0. The molecule has 1 N–H and O–H groups in total. The van der Waals surface area contributed by atoms with Crippen LogP contribution in [0.2, 0.25) is 5.15 Å². The van der Waals surface area contributed by atoms with E-state index in [2.05, 4.69) is 53.0 Å². The van der Waals surface area contributed by atoms with E-state index in [-0.39, 0.29) is 39.1 Å². The van der Waals surface area contributed by atoms with Gasteiger partial charge in [-0.2, -0.15) is 19.6 Å². The third-order valence-corrected chi connectivity index (χ3v) is 5.52. The predicted octanol–water partition coefficient (Wildman–Crippen LogP) is 4.87. The van der Waals surface area contributed by atoms with Gasteiger partial charge in [-0.1, -0.05) is 44.2 Å². The Hall–Kier alpha value is -2.76. The molecule has 3 rings (SSSR count). The summed E-state index contributed by atoms with van der Waals surface area (Å²) in [6.45, 7) is 8.89. The van der Waals surface area contributed by atoms with Crippen LogP contribution in [0.25, 0.3) is 16.9 Å². The van der Waals surface area contributed by atoms with Crippen molar-refractivity contribution in [3.8, 4) is 23.0 Å². The Bertz CT molecular complexity index is 1160. The highest BCUT2D eigenvalue weighted by Crippen LogP contribution is 2.39. The molecule has 32 heavy (non-hydrogen) atoms. The summed E-state index contributed by atoms with van der Waals surface area (Å²) in [5.74, 6) is 4.74. The molecule has 0 amide bonds. The maximum atomic E-state index is 15.2. The number of rotatable bonds is 5. The summed E-state index contributed by atoms with van der Waals surface area (Å²) in [6, 6.07) is 2.33. The lowest BCUT2D eigenvalue weighted by Crippen LogP contribution is -2.32. The number of benzene rings is 1. The zero-order chi connectivity index (χ0) is 23.6. The fraction of sp³-hybridized carbons (Fsp3) is 0.435. The Morgan fingerprint density at radius 1 is 1.19 bits per heavy atom. The molecule has 170 valence electrons. The van der Waals surface area contributed by atoms with E-state index in [4.69, 9.17) is 11.6 Å². The molecule has 1 aromatic carbocycles. The maximum absolute atomic E-state index is 15.2. The molecule has 0 radical (unpaired) electrons. The van der Waals surface area contributed by atoms with Crippen molar-refractivity contribution in [1.29, 1.82) is 0 Å². The van der Waals surface area contributed by atoms with Crippen LogP contribution in [0, 0.1) is 28.9 Å². The monoisotopic (exact) mass is 460 g/mol.